The zero-order chi connectivity index (χ0) is 8.20. The maximum atomic E-state index is 10.3. The van der Waals surface area contributed by atoms with E-state index in [1.165, 1.54) is 6.92 Å². The van der Waals surface area contributed by atoms with Gasteiger partial charge in [-0.3, -0.25) is 4.55 Å². The van der Waals surface area contributed by atoms with Gasteiger partial charge in [-0.05, 0) is 13.3 Å². The third kappa shape index (κ3) is 7.58. The molecule has 4 nitrogen and oxygen atoms in total. The Labute approximate surface area is 60.0 Å². The van der Waals surface area contributed by atoms with Gasteiger partial charge in [-0.2, -0.15) is 8.42 Å². The summed E-state index contributed by atoms with van der Waals surface area (Å²) in [5.41, 5.74) is 0. The molecule has 0 aromatic carbocycles. The number of rotatable bonds is 4. The van der Waals surface area contributed by atoms with Gasteiger partial charge in [0.2, 0.25) is 0 Å². The number of hydrogen-bond donors (Lipinski definition) is 1. The molecule has 5 heteroatoms. The zero-order valence-corrected chi connectivity index (χ0v) is 6.52. The third-order valence-corrected chi connectivity index (χ3v) is 1.74. The van der Waals surface area contributed by atoms with E-state index >= 15 is 0 Å². The highest BCUT2D eigenvalue weighted by molar-refractivity contribution is 7.85. The molecule has 0 aliphatic heterocycles. The van der Waals surface area contributed by atoms with Crippen LogP contribution in [-0.2, 0) is 14.9 Å². The third-order valence-electron chi connectivity index (χ3n) is 0.931. The fourth-order valence-electron chi connectivity index (χ4n) is 0.504. The first-order valence-corrected chi connectivity index (χ1v) is 4.47. The van der Waals surface area contributed by atoms with Crippen molar-refractivity contribution in [2.45, 2.75) is 19.8 Å². The van der Waals surface area contributed by atoms with Gasteiger partial charge in [-0.25, -0.2) is 0 Å². The van der Waals surface area contributed by atoms with Crippen molar-refractivity contribution in [2.24, 2.45) is 0 Å². The molecule has 0 saturated heterocycles. The molecule has 0 spiro atoms. The minimum Gasteiger partial charge on any atom is -0.300 e. The molecule has 0 fully saturated rings. The topological polar surface area (TPSA) is 71.4 Å². The highest BCUT2D eigenvalue weighted by Gasteiger charge is 2.03. The van der Waals surface area contributed by atoms with Crippen LogP contribution in [0.4, 0.5) is 0 Å². The van der Waals surface area contributed by atoms with Crippen molar-refractivity contribution < 1.29 is 17.8 Å². The first kappa shape index (κ1) is 9.58. The van der Waals surface area contributed by atoms with Gasteiger partial charge in [-0.15, -0.1) is 0 Å². The van der Waals surface area contributed by atoms with E-state index < -0.39 is 10.1 Å². The second-order valence-corrected chi connectivity index (χ2v) is 3.66. The lowest BCUT2D eigenvalue weighted by Crippen LogP contribution is -2.05. The number of ketones is 1. The average Bonchev–Trinajstić information content (AvgIpc) is 1.59. The number of carbonyl (C=O) groups excluding carboxylic acids is 1. The fraction of sp³-hybridized carbons (Fsp3) is 0.800. The summed E-state index contributed by atoms with van der Waals surface area (Å²) in [5.74, 6) is -0.393. The number of carbonyl (C=O) groups is 1. The van der Waals surface area contributed by atoms with Crippen molar-refractivity contribution in [1.82, 2.24) is 0 Å². The highest BCUT2D eigenvalue weighted by atomic mass is 32.2. The maximum Gasteiger partial charge on any atom is 0.264 e. The summed E-state index contributed by atoms with van der Waals surface area (Å²) in [6, 6.07) is 0. The van der Waals surface area contributed by atoms with E-state index in [1.54, 1.807) is 0 Å². The predicted octanol–water partition coefficient (Wildman–Crippen LogP) is 0.243. The molecule has 0 aromatic rings. The van der Waals surface area contributed by atoms with E-state index in [1.807, 2.05) is 0 Å². The monoisotopic (exact) mass is 166 g/mol. The average molecular weight is 166 g/mol. The summed E-state index contributed by atoms with van der Waals surface area (Å²) >= 11 is 0. The molecule has 0 atom stereocenters. The standard InChI is InChI=1S/C5H10O4S/c1-5(6)3-2-4-10(7,8)9/h2-4H2,1H3,(H,7,8,9). The Kier molecular flexibility index (Phi) is 3.52. The Morgan fingerprint density at radius 1 is 1.50 bits per heavy atom. The van der Waals surface area contributed by atoms with Gasteiger partial charge in [0.25, 0.3) is 10.1 Å². The van der Waals surface area contributed by atoms with E-state index in [0.29, 0.717) is 0 Å². The summed E-state index contributed by atoms with van der Waals surface area (Å²) in [6.45, 7) is 1.38. The molecule has 0 radical (unpaired) electrons. The van der Waals surface area contributed by atoms with Crippen molar-refractivity contribution in [3.63, 3.8) is 0 Å². The summed E-state index contributed by atoms with van der Waals surface area (Å²) in [7, 11) is -3.87. The molecule has 1 N–H and O–H groups in total. The number of hydrogen-bond acceptors (Lipinski definition) is 3. The molecule has 0 bridgehead atoms. The van der Waals surface area contributed by atoms with Gasteiger partial charge in [-0.1, -0.05) is 0 Å². The summed E-state index contributed by atoms with van der Waals surface area (Å²) < 4.78 is 28.3. The van der Waals surface area contributed by atoms with Crippen LogP contribution in [-0.4, -0.2) is 24.5 Å². The normalized spacial score (nSPS) is 11.4. The number of Topliss-reactive ketones (excluding diaryl/α,β-unsaturated/α-hetero) is 1. The van der Waals surface area contributed by atoms with Gasteiger partial charge < -0.3 is 4.79 Å². The Morgan fingerprint density at radius 3 is 2.30 bits per heavy atom. The minimum atomic E-state index is -3.87. The zero-order valence-electron chi connectivity index (χ0n) is 5.70. The second-order valence-electron chi connectivity index (χ2n) is 2.09. The molecular formula is C5H10O4S. The van der Waals surface area contributed by atoms with E-state index in [-0.39, 0.29) is 24.4 Å². The molecule has 0 heterocycles. The van der Waals surface area contributed by atoms with Crippen LogP contribution in [0.25, 0.3) is 0 Å². The Balaban J connectivity index is 3.49. The van der Waals surface area contributed by atoms with E-state index in [0.717, 1.165) is 0 Å². The van der Waals surface area contributed by atoms with Crippen LogP contribution >= 0.6 is 0 Å². The van der Waals surface area contributed by atoms with Crippen LogP contribution in [0.5, 0.6) is 0 Å². The van der Waals surface area contributed by atoms with Gasteiger partial charge in [0, 0.05) is 6.42 Å². The Hall–Kier alpha value is -0.420. The molecule has 0 aromatic heterocycles. The Bertz CT molecular complexity index is 204. The summed E-state index contributed by atoms with van der Waals surface area (Å²) in [6.07, 6.45) is 0.411. The maximum absolute atomic E-state index is 10.3. The predicted molar refractivity (Wildman–Crippen MR) is 36.3 cm³/mol. The molecule has 60 valence electrons. The van der Waals surface area contributed by atoms with Gasteiger partial charge in [0.1, 0.15) is 5.78 Å². The smallest absolute Gasteiger partial charge is 0.264 e. The van der Waals surface area contributed by atoms with Crippen LogP contribution in [0.1, 0.15) is 19.8 Å². The molecule has 10 heavy (non-hydrogen) atoms. The van der Waals surface area contributed by atoms with Crippen molar-refractivity contribution in [1.29, 1.82) is 0 Å². The van der Waals surface area contributed by atoms with Crippen LogP contribution in [0, 0.1) is 0 Å². The molecule has 0 unspecified atom stereocenters. The SMILES string of the molecule is CC(=O)CCCS(=O)(=O)O. The van der Waals surface area contributed by atoms with E-state index in [9.17, 15) is 13.2 Å². The van der Waals surface area contributed by atoms with Crippen molar-refractivity contribution in [2.75, 3.05) is 5.75 Å². The van der Waals surface area contributed by atoms with Crippen molar-refractivity contribution in [3.05, 3.63) is 0 Å². The van der Waals surface area contributed by atoms with E-state index in [4.69, 9.17) is 4.55 Å². The lowest BCUT2D eigenvalue weighted by Gasteiger charge is -1.92. The van der Waals surface area contributed by atoms with Gasteiger partial charge in [0.05, 0.1) is 5.75 Å². The second kappa shape index (κ2) is 3.68. The molecule has 0 rings (SSSR count). The lowest BCUT2D eigenvalue weighted by atomic mass is 10.3. The molecule has 0 aliphatic rings. The first-order valence-electron chi connectivity index (χ1n) is 2.86. The molecule has 0 saturated carbocycles. The lowest BCUT2D eigenvalue weighted by molar-refractivity contribution is -0.117. The van der Waals surface area contributed by atoms with Gasteiger partial charge in [0.15, 0.2) is 0 Å². The van der Waals surface area contributed by atoms with Crippen LogP contribution in [0.15, 0.2) is 0 Å². The quantitative estimate of drug-likeness (QED) is 0.607. The summed E-state index contributed by atoms with van der Waals surface area (Å²) in [4.78, 5) is 10.3. The summed E-state index contributed by atoms with van der Waals surface area (Å²) in [5, 5.41) is 0. The molecule has 0 amide bonds. The largest absolute Gasteiger partial charge is 0.300 e. The van der Waals surface area contributed by atoms with Crippen molar-refractivity contribution >= 4 is 15.9 Å². The fourth-order valence-corrected chi connectivity index (χ4v) is 1.01. The molecule has 0 aliphatic carbocycles. The molecular weight excluding hydrogens is 156 g/mol. The Morgan fingerprint density at radius 2 is 2.00 bits per heavy atom. The van der Waals surface area contributed by atoms with Gasteiger partial charge >= 0.3 is 0 Å². The minimum absolute atomic E-state index is 0.0661. The highest BCUT2D eigenvalue weighted by Crippen LogP contribution is 1.93. The van der Waals surface area contributed by atoms with E-state index in [2.05, 4.69) is 0 Å². The van der Waals surface area contributed by atoms with Crippen molar-refractivity contribution in [3.8, 4) is 0 Å². The first-order chi connectivity index (χ1) is 4.42. The van der Waals surface area contributed by atoms with Crippen LogP contribution in [0.3, 0.4) is 0 Å². The van der Waals surface area contributed by atoms with Crippen LogP contribution < -0.4 is 0 Å². The van der Waals surface area contributed by atoms with Crippen LogP contribution in [0.2, 0.25) is 0 Å².